The number of sulfone groups is 1. The second-order valence-electron chi connectivity index (χ2n) is 6.18. The first kappa shape index (κ1) is 23.1. The van der Waals surface area contributed by atoms with Crippen LogP contribution in [0.2, 0.25) is 0 Å². The smallest absolute Gasteiger partial charge is 0.298 e. The number of alkyl halides is 3. The second kappa shape index (κ2) is 8.88. The Morgan fingerprint density at radius 3 is 2.47 bits per heavy atom. The van der Waals surface area contributed by atoms with Crippen LogP contribution in [-0.4, -0.2) is 24.2 Å². The lowest BCUT2D eigenvalue weighted by atomic mass is 10.1. The molecule has 1 N–H and O–H groups in total. The van der Waals surface area contributed by atoms with Gasteiger partial charge in [-0.15, -0.1) is 0 Å². The standard InChI is InChI=1S/C19H12F3N3O5S2/c20-19(21,22)13-3-1-2-12(10-13)4-9-16(26)24-18-23-11-17(31-18)32(29,30)15-7-5-14(6-8-15)25(27)28/h1-11H,(H,23,24,26)/b9-4+. The van der Waals surface area contributed by atoms with Gasteiger partial charge in [0.15, 0.2) is 5.13 Å². The maximum atomic E-state index is 12.7. The van der Waals surface area contributed by atoms with Gasteiger partial charge in [0, 0.05) is 18.2 Å². The fraction of sp³-hybridized carbons (Fsp3) is 0.0526. The number of amides is 1. The van der Waals surface area contributed by atoms with Gasteiger partial charge in [-0.05, 0) is 35.9 Å². The molecule has 13 heteroatoms. The highest BCUT2D eigenvalue weighted by Gasteiger charge is 2.30. The summed E-state index contributed by atoms with van der Waals surface area (Å²) in [7, 11) is -4.01. The fourth-order valence-corrected chi connectivity index (χ4v) is 4.88. The predicted molar refractivity (Wildman–Crippen MR) is 110 cm³/mol. The van der Waals surface area contributed by atoms with E-state index in [1.807, 2.05) is 0 Å². The number of halogens is 3. The number of carbonyl (C=O) groups is 1. The Morgan fingerprint density at radius 1 is 1.16 bits per heavy atom. The van der Waals surface area contributed by atoms with Gasteiger partial charge in [-0.25, -0.2) is 13.4 Å². The van der Waals surface area contributed by atoms with Gasteiger partial charge in [-0.3, -0.25) is 20.2 Å². The third-order valence-electron chi connectivity index (χ3n) is 3.98. The number of thiazole rings is 1. The van der Waals surface area contributed by atoms with Crippen molar-refractivity contribution in [2.75, 3.05) is 5.32 Å². The lowest BCUT2D eigenvalue weighted by Gasteiger charge is -2.06. The summed E-state index contributed by atoms with van der Waals surface area (Å²) in [6, 6.07) is 8.65. The van der Waals surface area contributed by atoms with Gasteiger partial charge in [-0.1, -0.05) is 23.5 Å². The van der Waals surface area contributed by atoms with E-state index in [1.54, 1.807) is 0 Å². The lowest BCUT2D eigenvalue weighted by molar-refractivity contribution is -0.384. The molecule has 0 aliphatic carbocycles. The Balaban J connectivity index is 1.71. The van der Waals surface area contributed by atoms with Crippen LogP contribution in [0.25, 0.3) is 6.08 Å². The molecule has 0 aliphatic rings. The molecule has 0 aliphatic heterocycles. The van der Waals surface area contributed by atoms with Crippen molar-refractivity contribution >= 4 is 44.0 Å². The maximum Gasteiger partial charge on any atom is 0.416 e. The van der Waals surface area contributed by atoms with Crippen molar-refractivity contribution in [3.8, 4) is 0 Å². The molecule has 1 aromatic heterocycles. The normalized spacial score (nSPS) is 12.1. The summed E-state index contributed by atoms with van der Waals surface area (Å²) < 4.78 is 63.3. The summed E-state index contributed by atoms with van der Waals surface area (Å²) in [6.07, 6.45) is -1.33. The lowest BCUT2D eigenvalue weighted by Crippen LogP contribution is -2.07. The summed E-state index contributed by atoms with van der Waals surface area (Å²) in [5.41, 5.74) is -0.981. The van der Waals surface area contributed by atoms with E-state index in [9.17, 15) is 36.5 Å². The molecule has 0 unspecified atom stereocenters. The number of aromatic nitrogens is 1. The van der Waals surface area contributed by atoms with Gasteiger partial charge < -0.3 is 0 Å². The molecule has 0 atom stereocenters. The molecule has 8 nitrogen and oxygen atoms in total. The van der Waals surface area contributed by atoms with Gasteiger partial charge >= 0.3 is 6.18 Å². The minimum Gasteiger partial charge on any atom is -0.298 e. The first-order valence-electron chi connectivity index (χ1n) is 8.58. The van der Waals surface area contributed by atoms with Crippen LogP contribution < -0.4 is 5.32 Å². The first-order chi connectivity index (χ1) is 15.0. The summed E-state index contributed by atoms with van der Waals surface area (Å²) >= 11 is 0.653. The summed E-state index contributed by atoms with van der Waals surface area (Å²) in [6.45, 7) is 0. The minimum atomic E-state index is -4.52. The zero-order valence-electron chi connectivity index (χ0n) is 15.7. The van der Waals surface area contributed by atoms with Crippen LogP contribution >= 0.6 is 11.3 Å². The second-order valence-corrected chi connectivity index (χ2v) is 9.39. The average molecular weight is 483 g/mol. The number of hydrogen-bond donors (Lipinski definition) is 1. The van der Waals surface area contributed by atoms with E-state index in [1.165, 1.54) is 18.2 Å². The quantitative estimate of drug-likeness (QED) is 0.312. The molecule has 2 aromatic carbocycles. The van der Waals surface area contributed by atoms with Crippen LogP contribution in [-0.2, 0) is 20.8 Å². The number of benzene rings is 2. The number of rotatable bonds is 6. The summed E-state index contributed by atoms with van der Waals surface area (Å²) in [5.74, 6) is -0.726. The highest BCUT2D eigenvalue weighted by atomic mass is 32.2. The molecule has 0 spiro atoms. The summed E-state index contributed by atoms with van der Waals surface area (Å²) in [5, 5.41) is 13.0. The molecule has 1 heterocycles. The number of carbonyl (C=O) groups excluding carboxylic acids is 1. The molecule has 3 aromatic rings. The van der Waals surface area contributed by atoms with E-state index in [-0.39, 0.29) is 25.5 Å². The fourth-order valence-electron chi connectivity index (χ4n) is 2.44. The van der Waals surface area contributed by atoms with Crippen molar-refractivity contribution in [1.29, 1.82) is 0 Å². The molecular formula is C19H12F3N3O5S2. The molecule has 32 heavy (non-hydrogen) atoms. The van der Waals surface area contributed by atoms with Crippen LogP contribution in [0.4, 0.5) is 24.0 Å². The van der Waals surface area contributed by atoms with E-state index in [4.69, 9.17) is 0 Å². The molecule has 1 amide bonds. The number of nitrogens with one attached hydrogen (secondary N) is 1. The maximum absolute atomic E-state index is 12.7. The molecular weight excluding hydrogens is 471 g/mol. The van der Waals surface area contributed by atoms with Crippen molar-refractivity contribution in [2.45, 2.75) is 15.3 Å². The van der Waals surface area contributed by atoms with Crippen LogP contribution in [0, 0.1) is 10.1 Å². The largest absolute Gasteiger partial charge is 0.416 e. The molecule has 166 valence electrons. The zero-order valence-corrected chi connectivity index (χ0v) is 17.4. The third-order valence-corrected chi connectivity index (χ3v) is 7.12. The van der Waals surface area contributed by atoms with Gasteiger partial charge in [0.05, 0.1) is 21.6 Å². The van der Waals surface area contributed by atoms with Gasteiger partial charge in [-0.2, -0.15) is 13.2 Å². The third kappa shape index (κ3) is 5.36. The molecule has 3 rings (SSSR count). The van der Waals surface area contributed by atoms with Crippen molar-refractivity contribution in [1.82, 2.24) is 4.98 Å². The molecule has 0 fully saturated rings. The van der Waals surface area contributed by atoms with Crippen LogP contribution in [0.3, 0.4) is 0 Å². The van der Waals surface area contributed by atoms with Gasteiger partial charge in [0.1, 0.15) is 4.21 Å². The van der Waals surface area contributed by atoms with Gasteiger partial charge in [0.2, 0.25) is 15.7 Å². The Kier molecular flexibility index (Phi) is 6.41. The molecule has 0 radical (unpaired) electrons. The number of nitro groups is 1. The highest BCUT2D eigenvalue weighted by Crippen LogP contribution is 2.30. The van der Waals surface area contributed by atoms with Crippen LogP contribution in [0.5, 0.6) is 0 Å². The Hall–Kier alpha value is -3.58. The van der Waals surface area contributed by atoms with Gasteiger partial charge in [0.25, 0.3) is 5.69 Å². The summed E-state index contributed by atoms with van der Waals surface area (Å²) in [4.78, 5) is 25.7. The molecule has 0 saturated heterocycles. The zero-order chi connectivity index (χ0) is 23.5. The number of non-ortho nitro benzene ring substituents is 1. The Morgan fingerprint density at radius 2 is 1.84 bits per heavy atom. The number of hydrogen-bond acceptors (Lipinski definition) is 7. The predicted octanol–water partition coefficient (Wildman–Crippen LogP) is 4.55. The van der Waals surface area contributed by atoms with Crippen LogP contribution in [0.1, 0.15) is 11.1 Å². The van der Waals surface area contributed by atoms with E-state index in [2.05, 4.69) is 10.3 Å². The topological polar surface area (TPSA) is 119 Å². The number of nitro benzene ring substituents is 1. The molecule has 0 bridgehead atoms. The van der Waals surface area contributed by atoms with E-state index >= 15 is 0 Å². The monoisotopic (exact) mass is 483 g/mol. The van der Waals surface area contributed by atoms with E-state index in [0.717, 1.165) is 48.7 Å². The highest BCUT2D eigenvalue weighted by molar-refractivity contribution is 7.93. The van der Waals surface area contributed by atoms with Crippen molar-refractivity contribution in [2.24, 2.45) is 0 Å². The van der Waals surface area contributed by atoms with E-state index in [0.29, 0.717) is 11.3 Å². The Labute approximate surface area is 183 Å². The van der Waals surface area contributed by atoms with E-state index < -0.39 is 32.4 Å². The number of anilines is 1. The van der Waals surface area contributed by atoms with Crippen LogP contribution in [0.15, 0.2) is 69.9 Å². The average Bonchev–Trinajstić information content (AvgIpc) is 3.21. The van der Waals surface area contributed by atoms with Crippen molar-refractivity contribution in [3.63, 3.8) is 0 Å². The minimum absolute atomic E-state index is 0.0517. The first-order valence-corrected chi connectivity index (χ1v) is 10.9. The Bertz CT molecular complexity index is 1300. The van der Waals surface area contributed by atoms with Crippen molar-refractivity contribution < 1.29 is 31.3 Å². The SMILES string of the molecule is O=C(/C=C/c1cccc(C(F)(F)F)c1)Nc1ncc(S(=O)(=O)c2ccc([N+](=O)[O-])cc2)s1. The number of nitrogens with zero attached hydrogens (tertiary/aromatic N) is 2. The molecule has 0 saturated carbocycles. The van der Waals surface area contributed by atoms with Crippen molar-refractivity contribution in [3.05, 3.63) is 82.0 Å².